The lowest BCUT2D eigenvalue weighted by molar-refractivity contribution is 0.631. The molecule has 0 unspecified atom stereocenters. The predicted octanol–water partition coefficient (Wildman–Crippen LogP) is 4.05. The van der Waals surface area contributed by atoms with E-state index in [1.165, 1.54) is 6.07 Å². The maximum absolute atomic E-state index is 13.6. The van der Waals surface area contributed by atoms with E-state index in [0.717, 1.165) is 9.26 Å². The van der Waals surface area contributed by atoms with Crippen molar-refractivity contribution in [3.63, 3.8) is 0 Å². The minimum atomic E-state index is -0.427. The van der Waals surface area contributed by atoms with Crippen molar-refractivity contribution in [1.29, 1.82) is 5.26 Å². The predicted molar refractivity (Wildman–Crippen MR) is 73.6 cm³/mol. The van der Waals surface area contributed by atoms with Crippen LogP contribution in [0, 0.1) is 20.7 Å². The molecule has 0 spiro atoms. The monoisotopic (exact) mass is 338 g/mol. The average Bonchev–Trinajstić information content (AvgIpc) is 2.34. The molecule has 0 atom stereocenters. The third-order valence-corrected chi connectivity index (χ3v) is 3.18. The normalized spacial score (nSPS) is 9.71. The fourth-order valence-corrected chi connectivity index (χ4v) is 1.92. The van der Waals surface area contributed by atoms with E-state index in [4.69, 9.17) is 5.26 Å². The molecule has 2 nitrogen and oxygen atoms in total. The zero-order valence-electron chi connectivity index (χ0n) is 8.74. The smallest absolute Gasteiger partial charge is 0.147 e. The Morgan fingerprint density at radius 2 is 1.88 bits per heavy atom. The Morgan fingerprint density at radius 1 is 1.12 bits per heavy atom. The van der Waals surface area contributed by atoms with E-state index in [2.05, 4.69) is 27.9 Å². The van der Waals surface area contributed by atoms with Crippen LogP contribution in [0.25, 0.3) is 0 Å². The van der Waals surface area contributed by atoms with Crippen LogP contribution < -0.4 is 5.32 Å². The van der Waals surface area contributed by atoms with Crippen LogP contribution in [0.5, 0.6) is 0 Å². The molecule has 0 bridgehead atoms. The third kappa shape index (κ3) is 2.74. The molecule has 17 heavy (non-hydrogen) atoms. The van der Waals surface area contributed by atoms with Gasteiger partial charge in [0.1, 0.15) is 5.82 Å². The van der Waals surface area contributed by atoms with Gasteiger partial charge in [0.25, 0.3) is 0 Å². The van der Waals surface area contributed by atoms with Crippen molar-refractivity contribution in [2.24, 2.45) is 0 Å². The van der Waals surface area contributed by atoms with Gasteiger partial charge in [-0.3, -0.25) is 0 Å². The highest BCUT2D eigenvalue weighted by atomic mass is 127. The minimum Gasteiger partial charge on any atom is -0.352 e. The van der Waals surface area contributed by atoms with Crippen molar-refractivity contribution in [2.75, 3.05) is 5.32 Å². The lowest BCUT2D eigenvalue weighted by Crippen LogP contribution is -1.96. The number of hydrogen-bond acceptors (Lipinski definition) is 2. The second-order valence-corrected chi connectivity index (χ2v) is 4.57. The van der Waals surface area contributed by atoms with Crippen molar-refractivity contribution in [3.05, 3.63) is 57.4 Å². The van der Waals surface area contributed by atoms with Gasteiger partial charge in [-0.1, -0.05) is 12.1 Å². The van der Waals surface area contributed by atoms with Gasteiger partial charge >= 0.3 is 0 Å². The minimum absolute atomic E-state index is 0.316. The van der Waals surface area contributed by atoms with Gasteiger partial charge in [-0.05, 0) is 52.9 Å². The molecule has 4 heteroatoms. The second kappa shape index (κ2) is 5.15. The molecule has 0 aliphatic carbocycles. The molecule has 0 aliphatic rings. The Hall–Kier alpha value is -1.61. The highest BCUT2D eigenvalue weighted by molar-refractivity contribution is 14.1. The van der Waals surface area contributed by atoms with E-state index in [1.807, 2.05) is 30.3 Å². The van der Waals surface area contributed by atoms with Crippen LogP contribution in [-0.2, 0) is 0 Å². The van der Waals surface area contributed by atoms with Crippen molar-refractivity contribution < 1.29 is 4.39 Å². The molecule has 0 saturated heterocycles. The fraction of sp³-hybridized carbons (Fsp3) is 0. The SMILES string of the molecule is N#Cc1ccc(Nc2ccccc2I)c(F)c1. The first-order valence-corrected chi connectivity index (χ1v) is 6.00. The number of rotatable bonds is 2. The summed E-state index contributed by atoms with van der Waals surface area (Å²) >= 11 is 2.18. The van der Waals surface area contributed by atoms with Crippen LogP contribution in [0.15, 0.2) is 42.5 Å². The fourth-order valence-electron chi connectivity index (χ4n) is 1.39. The van der Waals surface area contributed by atoms with Gasteiger partial charge in [0.2, 0.25) is 0 Å². The van der Waals surface area contributed by atoms with E-state index in [9.17, 15) is 4.39 Å². The van der Waals surface area contributed by atoms with Crippen molar-refractivity contribution in [3.8, 4) is 6.07 Å². The van der Waals surface area contributed by atoms with Crippen LogP contribution in [0.1, 0.15) is 5.56 Å². The molecule has 2 aromatic rings. The van der Waals surface area contributed by atoms with E-state index in [-0.39, 0.29) is 0 Å². The van der Waals surface area contributed by atoms with Crippen LogP contribution in [0.2, 0.25) is 0 Å². The van der Waals surface area contributed by atoms with Crippen LogP contribution >= 0.6 is 22.6 Å². The largest absolute Gasteiger partial charge is 0.352 e. The van der Waals surface area contributed by atoms with Gasteiger partial charge < -0.3 is 5.32 Å². The average molecular weight is 338 g/mol. The van der Waals surface area contributed by atoms with Crippen molar-refractivity contribution >= 4 is 34.0 Å². The Bertz CT molecular complexity index is 590. The molecule has 1 N–H and O–H groups in total. The summed E-state index contributed by atoms with van der Waals surface area (Å²) in [5, 5.41) is 11.6. The molecule has 0 fully saturated rings. The van der Waals surface area contributed by atoms with E-state index >= 15 is 0 Å². The van der Waals surface area contributed by atoms with Crippen LogP contribution in [-0.4, -0.2) is 0 Å². The summed E-state index contributed by atoms with van der Waals surface area (Å²) in [6, 6.07) is 13.9. The summed E-state index contributed by atoms with van der Waals surface area (Å²) < 4.78 is 14.6. The second-order valence-electron chi connectivity index (χ2n) is 3.41. The van der Waals surface area contributed by atoms with Gasteiger partial charge in [0.05, 0.1) is 23.0 Å². The zero-order chi connectivity index (χ0) is 12.3. The van der Waals surface area contributed by atoms with Crippen molar-refractivity contribution in [2.45, 2.75) is 0 Å². The maximum Gasteiger partial charge on any atom is 0.147 e. The Balaban J connectivity index is 2.32. The summed E-state index contributed by atoms with van der Waals surface area (Å²) in [4.78, 5) is 0. The Kier molecular flexibility index (Phi) is 3.59. The van der Waals surface area contributed by atoms with Gasteiger partial charge in [0, 0.05) is 3.57 Å². The van der Waals surface area contributed by atoms with Gasteiger partial charge in [-0.25, -0.2) is 4.39 Å². The summed E-state index contributed by atoms with van der Waals surface area (Å²) in [7, 11) is 0. The number of nitrogens with zero attached hydrogens (tertiary/aromatic N) is 1. The molecule has 0 saturated carbocycles. The van der Waals surface area contributed by atoms with E-state index in [0.29, 0.717) is 11.3 Å². The molecule has 0 aromatic heterocycles. The summed E-state index contributed by atoms with van der Waals surface area (Å²) in [6.07, 6.45) is 0. The molecule has 84 valence electrons. The molecule has 0 aliphatic heterocycles. The number of nitriles is 1. The number of halogens is 2. The number of benzene rings is 2. The lowest BCUT2D eigenvalue weighted by atomic mass is 10.2. The molecule has 2 rings (SSSR count). The first-order chi connectivity index (χ1) is 8.20. The molecular formula is C13H8FIN2. The summed E-state index contributed by atoms with van der Waals surface area (Å²) in [5.74, 6) is -0.427. The quantitative estimate of drug-likeness (QED) is 0.839. The molecule has 2 aromatic carbocycles. The number of hydrogen-bond donors (Lipinski definition) is 1. The lowest BCUT2D eigenvalue weighted by Gasteiger charge is -2.09. The third-order valence-electron chi connectivity index (χ3n) is 2.24. The molecule has 0 heterocycles. The molecule has 0 amide bonds. The van der Waals surface area contributed by atoms with Gasteiger partial charge in [-0.2, -0.15) is 5.26 Å². The first kappa shape index (κ1) is 11.9. The Morgan fingerprint density at radius 3 is 2.53 bits per heavy atom. The number of nitrogens with one attached hydrogen (secondary N) is 1. The summed E-state index contributed by atoms with van der Waals surface area (Å²) in [5.41, 5.74) is 1.53. The number of para-hydroxylation sites is 1. The molecular weight excluding hydrogens is 330 g/mol. The Labute approximate surface area is 112 Å². The summed E-state index contributed by atoms with van der Waals surface area (Å²) in [6.45, 7) is 0. The van der Waals surface area contributed by atoms with E-state index in [1.54, 1.807) is 12.1 Å². The highest BCUT2D eigenvalue weighted by Gasteiger charge is 2.05. The topological polar surface area (TPSA) is 35.8 Å². The van der Waals surface area contributed by atoms with Gasteiger partial charge in [-0.15, -0.1) is 0 Å². The van der Waals surface area contributed by atoms with Crippen LogP contribution in [0.4, 0.5) is 15.8 Å². The van der Waals surface area contributed by atoms with Crippen molar-refractivity contribution in [1.82, 2.24) is 0 Å². The molecule has 0 radical (unpaired) electrons. The first-order valence-electron chi connectivity index (χ1n) is 4.92. The van der Waals surface area contributed by atoms with E-state index < -0.39 is 5.82 Å². The maximum atomic E-state index is 13.6. The zero-order valence-corrected chi connectivity index (χ0v) is 10.9. The number of anilines is 2. The van der Waals surface area contributed by atoms with Crippen LogP contribution in [0.3, 0.4) is 0 Å². The van der Waals surface area contributed by atoms with Gasteiger partial charge in [0.15, 0.2) is 0 Å². The standard InChI is InChI=1S/C13H8FIN2/c14-10-7-9(8-16)5-6-12(10)17-13-4-2-1-3-11(13)15/h1-7,17H. The highest BCUT2D eigenvalue weighted by Crippen LogP contribution is 2.24.